The van der Waals surface area contributed by atoms with E-state index in [1.165, 1.54) is 26.2 Å². The minimum atomic E-state index is -1.62. The summed E-state index contributed by atoms with van der Waals surface area (Å²) in [4.78, 5) is 2.47. The van der Waals surface area contributed by atoms with Crippen LogP contribution in [-0.2, 0) is 0 Å². The minimum Gasteiger partial charge on any atom is -1.00 e. The molecule has 1 aliphatic heterocycles. The number of piperazine rings is 1. The van der Waals surface area contributed by atoms with E-state index in [9.17, 15) is 0 Å². The molecule has 0 radical (unpaired) electrons. The summed E-state index contributed by atoms with van der Waals surface area (Å²) in [5, 5.41) is 0. The highest BCUT2D eigenvalue weighted by molar-refractivity contribution is 7.66. The molecule has 0 aromatic heterocycles. The molecule has 5 nitrogen and oxygen atoms in total. The van der Waals surface area contributed by atoms with Crippen LogP contribution in [0.1, 0.15) is 41.5 Å². The van der Waals surface area contributed by atoms with Gasteiger partial charge in [-0.2, -0.15) is 0 Å². The smallest absolute Gasteiger partial charge is 0.308 e. The van der Waals surface area contributed by atoms with Crippen molar-refractivity contribution < 1.29 is 12.4 Å². The molecule has 7 heteroatoms. The maximum atomic E-state index is 2.85. The van der Waals surface area contributed by atoms with E-state index in [0.29, 0.717) is 0 Å². The molecule has 1 fully saturated rings. The normalized spacial score (nSPS) is 17.8. The van der Waals surface area contributed by atoms with Crippen LogP contribution in [0.4, 0.5) is 0 Å². The van der Waals surface area contributed by atoms with Crippen molar-refractivity contribution in [3.05, 3.63) is 0 Å². The Labute approximate surface area is 158 Å². The summed E-state index contributed by atoms with van der Waals surface area (Å²) in [6, 6.07) is 0. The fraction of sp³-hybridized carbons (Fsp3) is 1.00. The molecule has 146 valence electrons. The third-order valence-corrected chi connectivity index (χ3v) is 10.3. The van der Waals surface area contributed by atoms with Crippen LogP contribution >= 0.6 is 7.87 Å². The fourth-order valence-electron chi connectivity index (χ4n) is 3.95. The van der Waals surface area contributed by atoms with Gasteiger partial charge in [0.2, 0.25) is 0 Å². The van der Waals surface area contributed by atoms with Gasteiger partial charge in [0.25, 0.3) is 0 Å². The zero-order valence-electron chi connectivity index (χ0n) is 17.1. The van der Waals surface area contributed by atoms with Crippen molar-refractivity contribution in [2.45, 2.75) is 41.5 Å². The van der Waals surface area contributed by atoms with Gasteiger partial charge in [-0.3, -0.25) is 0 Å². The molecule has 24 heavy (non-hydrogen) atoms. The molecule has 1 saturated heterocycles. The van der Waals surface area contributed by atoms with E-state index in [0.717, 1.165) is 39.3 Å². The quantitative estimate of drug-likeness (QED) is 0.491. The second-order valence-corrected chi connectivity index (χ2v) is 9.55. The third-order valence-electron chi connectivity index (χ3n) is 5.19. The lowest BCUT2D eigenvalue weighted by atomic mass is 10.4. The van der Waals surface area contributed by atoms with Gasteiger partial charge in [-0.15, -0.1) is 18.7 Å². The van der Waals surface area contributed by atoms with Crippen molar-refractivity contribution in [2.24, 2.45) is 0 Å². The average molecular weight is 382 g/mol. The summed E-state index contributed by atoms with van der Waals surface area (Å²) < 4.78 is 11.2. The summed E-state index contributed by atoms with van der Waals surface area (Å²) in [6.45, 7) is 25.5. The van der Waals surface area contributed by atoms with E-state index < -0.39 is 7.87 Å². The van der Waals surface area contributed by atoms with Crippen molar-refractivity contribution in [1.82, 2.24) is 23.6 Å². The van der Waals surface area contributed by atoms with Gasteiger partial charge in [0.15, 0.2) is 0 Å². The number of rotatable bonds is 10. The van der Waals surface area contributed by atoms with Gasteiger partial charge in [0.05, 0.1) is 13.1 Å². The molecular formula is C17H41ClN5P. The monoisotopic (exact) mass is 381 g/mol. The van der Waals surface area contributed by atoms with Crippen LogP contribution in [0.2, 0.25) is 0 Å². The molecule has 0 aliphatic carbocycles. The first-order valence-electron chi connectivity index (χ1n) is 9.65. The van der Waals surface area contributed by atoms with Crippen LogP contribution in [0.15, 0.2) is 0 Å². The Morgan fingerprint density at radius 2 is 0.917 bits per heavy atom. The van der Waals surface area contributed by atoms with E-state index in [-0.39, 0.29) is 12.4 Å². The van der Waals surface area contributed by atoms with E-state index >= 15 is 0 Å². The summed E-state index contributed by atoms with van der Waals surface area (Å²) >= 11 is 0. The van der Waals surface area contributed by atoms with Gasteiger partial charge in [-0.05, 0) is 48.6 Å². The Bertz CT molecular complexity index is 283. The Hall–Kier alpha value is 0.520. The third kappa shape index (κ3) is 4.82. The molecule has 0 saturated carbocycles. The number of likely N-dealkylation sites (N-methyl/N-ethyl adjacent to an activating group) is 1. The number of halogens is 1. The Balaban J connectivity index is 0.00000529. The molecule has 0 bridgehead atoms. The zero-order valence-corrected chi connectivity index (χ0v) is 18.8. The van der Waals surface area contributed by atoms with Crippen molar-refractivity contribution >= 4 is 7.87 Å². The van der Waals surface area contributed by atoms with Crippen molar-refractivity contribution in [1.29, 1.82) is 0 Å². The Morgan fingerprint density at radius 3 is 1.17 bits per heavy atom. The molecule has 0 N–H and O–H groups in total. The Morgan fingerprint density at radius 1 is 0.625 bits per heavy atom. The van der Waals surface area contributed by atoms with Crippen LogP contribution in [0, 0.1) is 0 Å². The van der Waals surface area contributed by atoms with Crippen molar-refractivity contribution in [3.63, 3.8) is 0 Å². The lowest BCUT2D eigenvalue weighted by Crippen LogP contribution is -3.00. The fourth-order valence-corrected chi connectivity index (χ4v) is 9.09. The highest BCUT2D eigenvalue weighted by Gasteiger charge is 2.59. The molecule has 0 amide bonds. The summed E-state index contributed by atoms with van der Waals surface area (Å²) in [7, 11) is 0.632. The van der Waals surface area contributed by atoms with Gasteiger partial charge in [0.1, 0.15) is 0 Å². The molecule has 1 heterocycles. The second-order valence-electron chi connectivity index (χ2n) is 6.21. The molecule has 1 rings (SSSR count). The molecule has 0 aromatic rings. The van der Waals surface area contributed by atoms with Crippen LogP contribution < -0.4 is 12.4 Å². The highest BCUT2D eigenvalue weighted by Crippen LogP contribution is 2.69. The van der Waals surface area contributed by atoms with E-state index in [1.54, 1.807) is 0 Å². The SMILES string of the molecule is CCN(CC)[P+](N(CC)CC)(N(CC)CC)N1CCN(C)CC1.[Cl-]. The number of hydrogen-bond donors (Lipinski definition) is 0. The van der Waals surface area contributed by atoms with E-state index in [4.69, 9.17) is 0 Å². The minimum absolute atomic E-state index is 0. The second kappa shape index (κ2) is 12.0. The van der Waals surface area contributed by atoms with Gasteiger partial charge in [-0.25, -0.2) is 0 Å². The average Bonchev–Trinajstić information content (AvgIpc) is 2.58. The van der Waals surface area contributed by atoms with E-state index in [2.05, 4.69) is 72.2 Å². The molecule has 0 aromatic carbocycles. The van der Waals surface area contributed by atoms with Gasteiger partial charge in [0, 0.05) is 52.4 Å². The Kier molecular flexibility index (Phi) is 12.3. The maximum Gasteiger partial charge on any atom is 0.308 e. The predicted octanol–water partition coefficient (Wildman–Crippen LogP) is -0.0592. The van der Waals surface area contributed by atoms with Crippen LogP contribution in [-0.4, -0.2) is 96.1 Å². The van der Waals surface area contributed by atoms with Crippen molar-refractivity contribution in [2.75, 3.05) is 72.5 Å². The van der Waals surface area contributed by atoms with Gasteiger partial charge < -0.3 is 17.3 Å². The summed E-state index contributed by atoms with van der Waals surface area (Å²) in [5.74, 6) is 0. The predicted molar refractivity (Wildman–Crippen MR) is 105 cm³/mol. The first-order valence-corrected chi connectivity index (χ1v) is 11.3. The van der Waals surface area contributed by atoms with Crippen LogP contribution in [0.5, 0.6) is 0 Å². The van der Waals surface area contributed by atoms with E-state index in [1.807, 2.05) is 0 Å². The lowest BCUT2D eigenvalue weighted by molar-refractivity contribution is -0.00000600. The molecule has 0 unspecified atom stereocenters. The molecule has 1 aliphatic rings. The van der Waals surface area contributed by atoms with Crippen molar-refractivity contribution in [3.8, 4) is 0 Å². The highest BCUT2D eigenvalue weighted by atomic mass is 35.5. The summed E-state index contributed by atoms with van der Waals surface area (Å²) in [6.07, 6.45) is 0. The molecule has 0 spiro atoms. The topological polar surface area (TPSA) is 16.2 Å². The number of nitrogens with zero attached hydrogens (tertiary/aromatic N) is 5. The lowest BCUT2D eigenvalue weighted by Gasteiger charge is -2.52. The standard InChI is InChI=1S/C17H41N5P.ClH/c1-8-19(9-2)23(20(10-3)11-4,21(12-5)13-6)22-16-14-18(7)15-17-22;/h8-17H2,1-7H3;1H/q+1;/p-1. The van der Waals surface area contributed by atoms with Gasteiger partial charge >= 0.3 is 7.87 Å². The first kappa shape index (κ1) is 24.5. The first-order chi connectivity index (χ1) is 11.1. The zero-order chi connectivity index (χ0) is 17.5. The van der Waals surface area contributed by atoms with Crippen LogP contribution in [0.3, 0.4) is 0 Å². The maximum absolute atomic E-state index is 2.85. The van der Waals surface area contributed by atoms with Crippen LogP contribution in [0.25, 0.3) is 0 Å². The summed E-state index contributed by atoms with van der Waals surface area (Å²) in [5.41, 5.74) is 0. The largest absolute Gasteiger partial charge is 1.00 e. The van der Waals surface area contributed by atoms with Gasteiger partial charge in [-0.1, -0.05) is 0 Å². The molecule has 0 atom stereocenters. The number of hydrogen-bond acceptors (Lipinski definition) is 5. The molecular weight excluding hydrogens is 341 g/mol.